The summed E-state index contributed by atoms with van der Waals surface area (Å²) in [5.74, 6) is -0.281. The van der Waals surface area contributed by atoms with Gasteiger partial charge in [0.1, 0.15) is 5.82 Å². The molecule has 1 amide bonds. The summed E-state index contributed by atoms with van der Waals surface area (Å²) >= 11 is 5.96. The second kappa shape index (κ2) is 8.09. The fraction of sp³-hybridized carbons (Fsp3) is 0.278. The molecule has 1 unspecified atom stereocenters. The van der Waals surface area contributed by atoms with Crippen molar-refractivity contribution < 1.29 is 9.18 Å². The molecule has 3 nitrogen and oxygen atoms in total. The normalized spacial score (nSPS) is 12.0. The molecule has 122 valence electrons. The lowest BCUT2D eigenvalue weighted by atomic mass is 9.97. The van der Waals surface area contributed by atoms with Gasteiger partial charge in [0.15, 0.2) is 0 Å². The Morgan fingerprint density at radius 3 is 2.17 bits per heavy atom. The molecule has 0 saturated carbocycles. The van der Waals surface area contributed by atoms with Crippen LogP contribution in [0.1, 0.15) is 23.6 Å². The molecule has 0 aliphatic carbocycles. The molecule has 0 aliphatic heterocycles. The first-order valence-electron chi connectivity index (χ1n) is 7.44. The van der Waals surface area contributed by atoms with E-state index in [1.165, 1.54) is 12.1 Å². The Hall–Kier alpha value is -1.91. The summed E-state index contributed by atoms with van der Waals surface area (Å²) in [6.45, 7) is 0.611. The maximum absolute atomic E-state index is 13.2. The van der Waals surface area contributed by atoms with Crippen molar-refractivity contribution in [3.63, 3.8) is 0 Å². The standard InChI is InChI=1S/C18H20ClFN2O/c1-21-12-11-17(23)22(2)18(13-3-7-15(19)8-4-13)14-5-9-16(20)10-6-14/h3-10,18,21H,11-12H2,1-2H3. The monoisotopic (exact) mass is 334 g/mol. The van der Waals surface area contributed by atoms with Gasteiger partial charge in [-0.25, -0.2) is 4.39 Å². The van der Waals surface area contributed by atoms with Crippen molar-refractivity contribution in [3.05, 3.63) is 70.5 Å². The number of amides is 1. The third kappa shape index (κ3) is 4.53. The summed E-state index contributed by atoms with van der Waals surface area (Å²) in [6, 6.07) is 13.3. The van der Waals surface area contributed by atoms with Crippen LogP contribution in [0.15, 0.2) is 48.5 Å². The van der Waals surface area contributed by atoms with Gasteiger partial charge in [0.2, 0.25) is 5.91 Å². The van der Waals surface area contributed by atoms with Crippen LogP contribution in [0, 0.1) is 5.82 Å². The number of carbonyl (C=O) groups is 1. The zero-order valence-corrected chi connectivity index (χ0v) is 14.0. The van der Waals surface area contributed by atoms with Crippen molar-refractivity contribution in [2.75, 3.05) is 20.6 Å². The average Bonchev–Trinajstić information content (AvgIpc) is 2.56. The zero-order valence-electron chi connectivity index (χ0n) is 13.2. The number of carbonyl (C=O) groups excluding carboxylic acids is 1. The highest BCUT2D eigenvalue weighted by molar-refractivity contribution is 6.30. The Kier molecular flexibility index (Phi) is 6.13. The molecule has 2 rings (SSSR count). The Morgan fingerprint density at radius 1 is 1.13 bits per heavy atom. The van der Waals surface area contributed by atoms with Gasteiger partial charge in [-0.15, -0.1) is 0 Å². The highest BCUT2D eigenvalue weighted by Gasteiger charge is 2.23. The van der Waals surface area contributed by atoms with E-state index in [0.717, 1.165) is 11.1 Å². The maximum atomic E-state index is 13.2. The Morgan fingerprint density at radius 2 is 1.65 bits per heavy atom. The molecule has 2 aromatic rings. The van der Waals surface area contributed by atoms with Crippen LogP contribution in [-0.4, -0.2) is 31.4 Å². The summed E-state index contributed by atoms with van der Waals surface area (Å²) in [7, 11) is 3.57. The summed E-state index contributed by atoms with van der Waals surface area (Å²) in [5, 5.41) is 3.61. The van der Waals surface area contributed by atoms with E-state index >= 15 is 0 Å². The van der Waals surface area contributed by atoms with Crippen LogP contribution in [0.25, 0.3) is 0 Å². The van der Waals surface area contributed by atoms with Crippen LogP contribution in [-0.2, 0) is 4.79 Å². The van der Waals surface area contributed by atoms with Crippen molar-refractivity contribution in [1.82, 2.24) is 10.2 Å². The molecule has 0 saturated heterocycles. The molecule has 0 radical (unpaired) electrons. The van der Waals surface area contributed by atoms with E-state index < -0.39 is 0 Å². The molecule has 23 heavy (non-hydrogen) atoms. The lowest BCUT2D eigenvalue weighted by molar-refractivity contribution is -0.131. The van der Waals surface area contributed by atoms with Gasteiger partial charge in [-0.1, -0.05) is 35.9 Å². The van der Waals surface area contributed by atoms with Crippen molar-refractivity contribution in [3.8, 4) is 0 Å². The number of hydrogen-bond donors (Lipinski definition) is 1. The van der Waals surface area contributed by atoms with Crippen LogP contribution in [0.3, 0.4) is 0 Å². The number of benzene rings is 2. The van der Waals surface area contributed by atoms with Gasteiger partial charge in [-0.05, 0) is 42.4 Å². The predicted octanol–water partition coefficient (Wildman–Crippen LogP) is 3.64. The van der Waals surface area contributed by atoms with Gasteiger partial charge in [0.05, 0.1) is 6.04 Å². The first kappa shape index (κ1) is 17.4. The SMILES string of the molecule is CNCCC(=O)N(C)C(c1ccc(F)cc1)c1ccc(Cl)cc1. The topological polar surface area (TPSA) is 32.3 Å². The minimum absolute atomic E-state index is 0.0172. The number of nitrogens with one attached hydrogen (secondary N) is 1. The second-order valence-electron chi connectivity index (χ2n) is 5.36. The minimum Gasteiger partial charge on any atom is -0.335 e. The van der Waals surface area contributed by atoms with Gasteiger partial charge in [-0.3, -0.25) is 4.79 Å². The maximum Gasteiger partial charge on any atom is 0.224 e. The fourth-order valence-corrected chi connectivity index (χ4v) is 2.61. The lowest BCUT2D eigenvalue weighted by Crippen LogP contribution is -2.33. The van der Waals surface area contributed by atoms with Crippen molar-refractivity contribution in [1.29, 1.82) is 0 Å². The first-order valence-corrected chi connectivity index (χ1v) is 7.82. The predicted molar refractivity (Wildman–Crippen MR) is 91.0 cm³/mol. The Bertz CT molecular complexity index is 598. The van der Waals surface area contributed by atoms with Gasteiger partial charge in [-0.2, -0.15) is 0 Å². The highest BCUT2D eigenvalue weighted by atomic mass is 35.5. The molecule has 0 bridgehead atoms. The zero-order chi connectivity index (χ0) is 16.8. The van der Waals surface area contributed by atoms with E-state index in [4.69, 9.17) is 11.6 Å². The van der Waals surface area contributed by atoms with Gasteiger partial charge in [0, 0.05) is 25.0 Å². The molecule has 0 aromatic heterocycles. The van der Waals surface area contributed by atoms with Gasteiger partial charge >= 0.3 is 0 Å². The van der Waals surface area contributed by atoms with Crippen molar-refractivity contribution in [2.24, 2.45) is 0 Å². The van der Waals surface area contributed by atoms with E-state index in [0.29, 0.717) is 18.0 Å². The number of hydrogen-bond acceptors (Lipinski definition) is 2. The molecule has 5 heteroatoms. The first-order chi connectivity index (χ1) is 11.0. The number of rotatable bonds is 6. The van der Waals surface area contributed by atoms with E-state index in [9.17, 15) is 9.18 Å². The van der Waals surface area contributed by atoms with E-state index in [1.54, 1.807) is 36.2 Å². The van der Waals surface area contributed by atoms with Crippen molar-refractivity contribution in [2.45, 2.75) is 12.5 Å². The molecule has 2 aromatic carbocycles. The summed E-state index contributed by atoms with van der Waals surface area (Å²) in [6.07, 6.45) is 0.401. The van der Waals surface area contributed by atoms with E-state index in [2.05, 4.69) is 5.32 Å². The van der Waals surface area contributed by atoms with E-state index in [-0.39, 0.29) is 17.8 Å². The molecule has 0 heterocycles. The van der Waals surface area contributed by atoms with Crippen LogP contribution < -0.4 is 5.32 Å². The van der Waals surface area contributed by atoms with Crippen LogP contribution in [0.5, 0.6) is 0 Å². The molecular weight excluding hydrogens is 315 g/mol. The number of nitrogens with zero attached hydrogens (tertiary/aromatic N) is 1. The van der Waals surface area contributed by atoms with Gasteiger partial charge < -0.3 is 10.2 Å². The molecule has 0 aliphatic rings. The largest absolute Gasteiger partial charge is 0.335 e. The second-order valence-corrected chi connectivity index (χ2v) is 5.80. The third-order valence-corrected chi connectivity index (χ3v) is 3.99. The van der Waals surface area contributed by atoms with Crippen LogP contribution in [0.4, 0.5) is 4.39 Å². The van der Waals surface area contributed by atoms with Crippen LogP contribution >= 0.6 is 11.6 Å². The Labute approximate surface area is 141 Å². The molecule has 0 fully saturated rings. The summed E-state index contributed by atoms with van der Waals surface area (Å²) < 4.78 is 13.2. The molecular formula is C18H20ClFN2O. The average molecular weight is 335 g/mol. The minimum atomic E-state index is -0.298. The lowest BCUT2D eigenvalue weighted by Gasteiger charge is -2.29. The molecule has 1 N–H and O–H groups in total. The summed E-state index contributed by atoms with van der Waals surface area (Å²) in [4.78, 5) is 14.1. The smallest absolute Gasteiger partial charge is 0.224 e. The molecule has 1 atom stereocenters. The third-order valence-electron chi connectivity index (χ3n) is 3.74. The van der Waals surface area contributed by atoms with Gasteiger partial charge in [0.25, 0.3) is 0 Å². The van der Waals surface area contributed by atoms with E-state index in [1.807, 2.05) is 19.2 Å². The van der Waals surface area contributed by atoms with Crippen molar-refractivity contribution >= 4 is 17.5 Å². The Balaban J connectivity index is 2.36. The van der Waals surface area contributed by atoms with Crippen LogP contribution in [0.2, 0.25) is 5.02 Å². The fourth-order valence-electron chi connectivity index (χ4n) is 2.48. The highest BCUT2D eigenvalue weighted by Crippen LogP contribution is 2.29. The quantitative estimate of drug-likeness (QED) is 0.874. The summed E-state index contributed by atoms with van der Waals surface area (Å²) in [5.41, 5.74) is 1.79. The number of halogens is 2. The molecule has 0 spiro atoms.